The molecule has 0 aliphatic heterocycles. The molecule has 0 saturated carbocycles. The van der Waals surface area contributed by atoms with E-state index in [2.05, 4.69) is 24.4 Å². The van der Waals surface area contributed by atoms with Gasteiger partial charge in [0, 0.05) is 6.54 Å². The molecule has 2 aromatic carbocycles. The van der Waals surface area contributed by atoms with Crippen LogP contribution in [0.15, 0.2) is 48.5 Å². The van der Waals surface area contributed by atoms with Crippen molar-refractivity contribution in [3.05, 3.63) is 65.2 Å². The van der Waals surface area contributed by atoms with Crippen LogP contribution in [0.25, 0.3) is 0 Å². The standard InChI is InChI=1S/C18H22N2O2/c1-13-4-3-5-16(10-13)12-22-17-8-6-15(7-9-17)11-20-18(21)14(2)19/h3-10,14H,11-12,19H2,1-2H3,(H,20,21)/t14-/m1/s1. The van der Waals surface area contributed by atoms with Gasteiger partial charge in [-0.15, -0.1) is 0 Å². The molecule has 0 unspecified atom stereocenters. The van der Waals surface area contributed by atoms with Crippen LogP contribution in [0.1, 0.15) is 23.6 Å². The third-order valence-electron chi connectivity index (χ3n) is 3.29. The third-order valence-corrected chi connectivity index (χ3v) is 3.29. The summed E-state index contributed by atoms with van der Waals surface area (Å²) in [6, 6.07) is 15.4. The van der Waals surface area contributed by atoms with Gasteiger partial charge in [-0.2, -0.15) is 0 Å². The molecule has 4 nitrogen and oxygen atoms in total. The van der Waals surface area contributed by atoms with Gasteiger partial charge in [0.2, 0.25) is 5.91 Å². The number of nitrogens with two attached hydrogens (primary N) is 1. The van der Waals surface area contributed by atoms with Crippen LogP contribution in [0.2, 0.25) is 0 Å². The first-order valence-electron chi connectivity index (χ1n) is 7.35. The Morgan fingerprint density at radius 1 is 1.18 bits per heavy atom. The van der Waals surface area contributed by atoms with E-state index in [0.29, 0.717) is 13.2 Å². The lowest BCUT2D eigenvalue weighted by Crippen LogP contribution is -2.37. The maximum atomic E-state index is 11.4. The van der Waals surface area contributed by atoms with Crippen molar-refractivity contribution in [2.24, 2.45) is 5.73 Å². The van der Waals surface area contributed by atoms with Crippen molar-refractivity contribution < 1.29 is 9.53 Å². The number of amides is 1. The van der Waals surface area contributed by atoms with E-state index in [9.17, 15) is 4.79 Å². The molecular formula is C18H22N2O2. The summed E-state index contributed by atoms with van der Waals surface area (Å²) in [6.07, 6.45) is 0. The SMILES string of the molecule is Cc1cccc(COc2ccc(CNC(=O)[C@@H](C)N)cc2)c1. The van der Waals surface area contributed by atoms with Crippen LogP contribution >= 0.6 is 0 Å². The van der Waals surface area contributed by atoms with Gasteiger partial charge < -0.3 is 15.8 Å². The number of ether oxygens (including phenoxy) is 1. The number of hydrogen-bond acceptors (Lipinski definition) is 3. The van der Waals surface area contributed by atoms with Crippen molar-refractivity contribution >= 4 is 5.91 Å². The van der Waals surface area contributed by atoms with E-state index in [-0.39, 0.29) is 5.91 Å². The second-order valence-corrected chi connectivity index (χ2v) is 5.43. The Bertz CT molecular complexity index is 621. The first-order valence-corrected chi connectivity index (χ1v) is 7.35. The maximum absolute atomic E-state index is 11.4. The number of carbonyl (C=O) groups excluding carboxylic acids is 1. The molecule has 0 spiro atoms. The molecule has 0 aliphatic carbocycles. The van der Waals surface area contributed by atoms with Crippen LogP contribution < -0.4 is 15.8 Å². The van der Waals surface area contributed by atoms with Crippen LogP contribution in [0.4, 0.5) is 0 Å². The molecule has 1 atom stereocenters. The largest absolute Gasteiger partial charge is 0.489 e. The summed E-state index contributed by atoms with van der Waals surface area (Å²) in [5.41, 5.74) is 8.88. The first-order chi connectivity index (χ1) is 10.5. The van der Waals surface area contributed by atoms with Crippen molar-refractivity contribution in [3.63, 3.8) is 0 Å². The summed E-state index contributed by atoms with van der Waals surface area (Å²) in [5, 5.41) is 2.78. The third kappa shape index (κ3) is 4.90. The predicted octanol–water partition coefficient (Wildman–Crippen LogP) is 2.54. The molecule has 4 heteroatoms. The second-order valence-electron chi connectivity index (χ2n) is 5.43. The van der Waals surface area contributed by atoms with Crippen LogP contribution in [0.3, 0.4) is 0 Å². The van der Waals surface area contributed by atoms with Gasteiger partial charge in [-0.3, -0.25) is 4.79 Å². The molecule has 0 radical (unpaired) electrons. The van der Waals surface area contributed by atoms with E-state index in [1.807, 2.05) is 36.4 Å². The molecule has 0 fully saturated rings. The number of nitrogens with one attached hydrogen (secondary N) is 1. The number of carbonyl (C=O) groups is 1. The average molecular weight is 298 g/mol. The Morgan fingerprint density at radius 3 is 2.55 bits per heavy atom. The molecule has 0 aromatic heterocycles. The molecule has 0 heterocycles. The van der Waals surface area contributed by atoms with Gasteiger partial charge in [0.1, 0.15) is 12.4 Å². The summed E-state index contributed by atoms with van der Waals surface area (Å²) in [4.78, 5) is 11.4. The van der Waals surface area contributed by atoms with Crippen LogP contribution in [0, 0.1) is 6.92 Å². The molecule has 2 rings (SSSR count). The summed E-state index contributed by atoms with van der Waals surface area (Å²) < 4.78 is 5.76. The van der Waals surface area contributed by atoms with Gasteiger partial charge in [-0.05, 0) is 37.1 Å². The second kappa shape index (κ2) is 7.61. The van der Waals surface area contributed by atoms with Crippen molar-refractivity contribution in [2.75, 3.05) is 0 Å². The summed E-state index contributed by atoms with van der Waals surface area (Å²) in [7, 11) is 0. The Kier molecular flexibility index (Phi) is 5.55. The zero-order chi connectivity index (χ0) is 15.9. The van der Waals surface area contributed by atoms with E-state index in [1.165, 1.54) is 5.56 Å². The molecule has 3 N–H and O–H groups in total. The molecule has 116 valence electrons. The molecule has 0 aliphatic rings. The van der Waals surface area contributed by atoms with E-state index < -0.39 is 6.04 Å². The lowest BCUT2D eigenvalue weighted by atomic mass is 10.1. The van der Waals surface area contributed by atoms with Gasteiger partial charge in [0.05, 0.1) is 6.04 Å². The fourth-order valence-electron chi connectivity index (χ4n) is 2.02. The highest BCUT2D eigenvalue weighted by atomic mass is 16.5. The van der Waals surface area contributed by atoms with Crippen LogP contribution in [-0.4, -0.2) is 11.9 Å². The van der Waals surface area contributed by atoms with Crippen molar-refractivity contribution in [2.45, 2.75) is 33.0 Å². The Labute approximate surface area is 131 Å². The average Bonchev–Trinajstić information content (AvgIpc) is 2.51. The minimum Gasteiger partial charge on any atom is -0.489 e. The Balaban J connectivity index is 1.85. The topological polar surface area (TPSA) is 64.3 Å². The van der Waals surface area contributed by atoms with Gasteiger partial charge in [-0.1, -0.05) is 42.0 Å². The summed E-state index contributed by atoms with van der Waals surface area (Å²) in [6.45, 7) is 4.74. The summed E-state index contributed by atoms with van der Waals surface area (Å²) >= 11 is 0. The zero-order valence-electron chi connectivity index (χ0n) is 13.0. The number of aryl methyl sites for hydroxylation is 1. The minimum atomic E-state index is -0.489. The maximum Gasteiger partial charge on any atom is 0.236 e. The molecule has 0 bridgehead atoms. The van der Waals surface area contributed by atoms with Crippen LogP contribution in [-0.2, 0) is 17.9 Å². The van der Waals surface area contributed by atoms with Gasteiger partial charge in [-0.25, -0.2) is 0 Å². The van der Waals surface area contributed by atoms with Gasteiger partial charge >= 0.3 is 0 Å². The highest BCUT2D eigenvalue weighted by Crippen LogP contribution is 2.14. The molecule has 1 amide bonds. The predicted molar refractivity (Wildman–Crippen MR) is 87.4 cm³/mol. The number of rotatable bonds is 6. The highest BCUT2D eigenvalue weighted by molar-refractivity contribution is 5.80. The minimum absolute atomic E-state index is 0.153. The number of benzene rings is 2. The molecule has 2 aromatic rings. The lowest BCUT2D eigenvalue weighted by molar-refractivity contribution is -0.122. The van der Waals surface area contributed by atoms with E-state index >= 15 is 0 Å². The first kappa shape index (κ1) is 16.0. The quantitative estimate of drug-likeness (QED) is 0.861. The normalized spacial score (nSPS) is 11.8. The molecule has 0 saturated heterocycles. The lowest BCUT2D eigenvalue weighted by Gasteiger charge is -2.10. The fourth-order valence-corrected chi connectivity index (χ4v) is 2.02. The number of hydrogen-bond donors (Lipinski definition) is 2. The van der Waals surface area contributed by atoms with E-state index in [0.717, 1.165) is 16.9 Å². The monoisotopic (exact) mass is 298 g/mol. The Morgan fingerprint density at radius 2 is 1.91 bits per heavy atom. The van der Waals surface area contributed by atoms with Gasteiger partial charge in [0.15, 0.2) is 0 Å². The van der Waals surface area contributed by atoms with E-state index in [1.54, 1.807) is 6.92 Å². The fraction of sp³-hybridized carbons (Fsp3) is 0.278. The molecular weight excluding hydrogens is 276 g/mol. The zero-order valence-corrected chi connectivity index (χ0v) is 13.0. The van der Waals surface area contributed by atoms with Crippen molar-refractivity contribution in [1.82, 2.24) is 5.32 Å². The van der Waals surface area contributed by atoms with E-state index in [4.69, 9.17) is 10.5 Å². The molecule has 22 heavy (non-hydrogen) atoms. The highest BCUT2D eigenvalue weighted by Gasteiger charge is 2.06. The van der Waals surface area contributed by atoms with Crippen molar-refractivity contribution in [3.8, 4) is 5.75 Å². The smallest absolute Gasteiger partial charge is 0.236 e. The van der Waals surface area contributed by atoms with Gasteiger partial charge in [0.25, 0.3) is 0 Å². The van der Waals surface area contributed by atoms with Crippen molar-refractivity contribution in [1.29, 1.82) is 0 Å². The van der Waals surface area contributed by atoms with Crippen LogP contribution in [0.5, 0.6) is 5.75 Å². The Hall–Kier alpha value is -2.33. The summed E-state index contributed by atoms with van der Waals surface area (Å²) in [5.74, 6) is 0.656.